The van der Waals surface area contributed by atoms with Crippen molar-refractivity contribution in [3.63, 3.8) is 0 Å². The van der Waals surface area contributed by atoms with Crippen molar-refractivity contribution in [1.82, 2.24) is 0 Å². The van der Waals surface area contributed by atoms with E-state index in [0.717, 1.165) is 5.56 Å². The summed E-state index contributed by atoms with van der Waals surface area (Å²) in [5.41, 5.74) is 6.74. The molecule has 0 fully saturated rings. The van der Waals surface area contributed by atoms with Gasteiger partial charge in [-0.25, -0.2) is 4.39 Å². The molecule has 1 rings (SSSR count). The minimum Gasteiger partial charge on any atom is -0.377 e. The Hall–Kier alpha value is -0.930. The van der Waals surface area contributed by atoms with Crippen molar-refractivity contribution in [2.45, 2.75) is 19.6 Å². The fourth-order valence-corrected chi connectivity index (χ4v) is 1.15. The van der Waals surface area contributed by atoms with Crippen LogP contribution in [0.25, 0.3) is 0 Å². The van der Waals surface area contributed by atoms with E-state index in [0.29, 0.717) is 12.1 Å². The minimum absolute atomic E-state index is 0.216. The fraction of sp³-hybridized carbons (Fsp3) is 0.400. The third kappa shape index (κ3) is 2.26. The van der Waals surface area contributed by atoms with Crippen LogP contribution < -0.4 is 5.73 Å². The molecule has 0 aliphatic rings. The van der Waals surface area contributed by atoms with Crippen LogP contribution in [-0.4, -0.2) is 7.11 Å². The SMILES string of the molecule is COC(C)c1ccc(CN)cc1F. The van der Waals surface area contributed by atoms with Crippen LogP contribution in [0.15, 0.2) is 18.2 Å². The molecule has 0 saturated carbocycles. The maximum atomic E-state index is 13.3. The summed E-state index contributed by atoms with van der Waals surface area (Å²) < 4.78 is 18.4. The molecule has 0 spiro atoms. The Bertz CT molecular complexity index is 288. The van der Waals surface area contributed by atoms with Gasteiger partial charge in [0.2, 0.25) is 0 Å². The van der Waals surface area contributed by atoms with Gasteiger partial charge in [0.05, 0.1) is 6.10 Å². The highest BCUT2D eigenvalue weighted by atomic mass is 19.1. The van der Waals surface area contributed by atoms with E-state index in [2.05, 4.69) is 0 Å². The lowest BCUT2D eigenvalue weighted by atomic mass is 10.1. The van der Waals surface area contributed by atoms with Crippen LogP contribution in [0.2, 0.25) is 0 Å². The number of hydrogen-bond acceptors (Lipinski definition) is 2. The predicted molar refractivity (Wildman–Crippen MR) is 49.7 cm³/mol. The highest BCUT2D eigenvalue weighted by molar-refractivity contribution is 5.25. The molecule has 1 atom stereocenters. The lowest BCUT2D eigenvalue weighted by molar-refractivity contribution is 0.116. The molecule has 0 aromatic heterocycles. The van der Waals surface area contributed by atoms with Gasteiger partial charge in [0, 0.05) is 19.2 Å². The Morgan fingerprint density at radius 1 is 1.54 bits per heavy atom. The number of halogens is 1. The van der Waals surface area contributed by atoms with E-state index in [1.54, 1.807) is 20.1 Å². The zero-order chi connectivity index (χ0) is 9.84. The number of benzene rings is 1. The van der Waals surface area contributed by atoms with Gasteiger partial charge in [-0.05, 0) is 18.6 Å². The summed E-state index contributed by atoms with van der Waals surface area (Å²) in [6.07, 6.45) is -0.216. The van der Waals surface area contributed by atoms with Gasteiger partial charge >= 0.3 is 0 Å². The molecular formula is C10H14FNO. The molecule has 13 heavy (non-hydrogen) atoms. The molecule has 0 heterocycles. The van der Waals surface area contributed by atoms with Crippen LogP contribution in [-0.2, 0) is 11.3 Å². The second kappa shape index (κ2) is 4.35. The molecule has 3 heteroatoms. The maximum absolute atomic E-state index is 13.3. The molecule has 0 bridgehead atoms. The second-order valence-corrected chi connectivity index (χ2v) is 2.94. The van der Waals surface area contributed by atoms with Crippen molar-refractivity contribution in [3.8, 4) is 0 Å². The highest BCUT2D eigenvalue weighted by Gasteiger charge is 2.09. The average molecular weight is 183 g/mol. The molecule has 2 nitrogen and oxygen atoms in total. The lowest BCUT2D eigenvalue weighted by Gasteiger charge is -2.11. The van der Waals surface area contributed by atoms with Gasteiger partial charge in [0.15, 0.2) is 0 Å². The molecule has 0 radical (unpaired) electrons. The van der Waals surface area contributed by atoms with Crippen molar-refractivity contribution >= 4 is 0 Å². The third-order valence-electron chi connectivity index (χ3n) is 2.09. The Morgan fingerprint density at radius 2 is 2.23 bits per heavy atom. The van der Waals surface area contributed by atoms with Crippen LogP contribution in [0, 0.1) is 5.82 Å². The van der Waals surface area contributed by atoms with Crippen molar-refractivity contribution in [2.75, 3.05) is 7.11 Å². The molecule has 72 valence electrons. The molecule has 1 unspecified atom stereocenters. The van der Waals surface area contributed by atoms with Crippen LogP contribution in [0.5, 0.6) is 0 Å². The second-order valence-electron chi connectivity index (χ2n) is 2.94. The van der Waals surface area contributed by atoms with Gasteiger partial charge in [-0.3, -0.25) is 0 Å². The van der Waals surface area contributed by atoms with E-state index in [4.69, 9.17) is 10.5 Å². The van der Waals surface area contributed by atoms with E-state index < -0.39 is 0 Å². The van der Waals surface area contributed by atoms with Crippen molar-refractivity contribution < 1.29 is 9.13 Å². The molecule has 2 N–H and O–H groups in total. The number of methoxy groups -OCH3 is 1. The molecule has 0 amide bonds. The van der Waals surface area contributed by atoms with Crippen LogP contribution >= 0.6 is 0 Å². The van der Waals surface area contributed by atoms with Gasteiger partial charge in [0.1, 0.15) is 5.82 Å². The zero-order valence-corrected chi connectivity index (χ0v) is 7.88. The molecule has 0 saturated heterocycles. The third-order valence-corrected chi connectivity index (χ3v) is 2.09. The van der Waals surface area contributed by atoms with Crippen molar-refractivity contribution in [3.05, 3.63) is 35.1 Å². The Balaban J connectivity index is 2.98. The van der Waals surface area contributed by atoms with Crippen LogP contribution in [0.1, 0.15) is 24.2 Å². The van der Waals surface area contributed by atoms with E-state index >= 15 is 0 Å². The van der Waals surface area contributed by atoms with Crippen molar-refractivity contribution in [2.24, 2.45) is 5.73 Å². The summed E-state index contributed by atoms with van der Waals surface area (Å²) in [5, 5.41) is 0. The van der Waals surface area contributed by atoms with E-state index in [9.17, 15) is 4.39 Å². The molecule has 0 aliphatic carbocycles. The van der Waals surface area contributed by atoms with E-state index in [-0.39, 0.29) is 11.9 Å². The topological polar surface area (TPSA) is 35.2 Å². The Kier molecular flexibility index (Phi) is 3.39. The quantitative estimate of drug-likeness (QED) is 0.777. The van der Waals surface area contributed by atoms with Crippen LogP contribution in [0.4, 0.5) is 4.39 Å². The monoisotopic (exact) mass is 183 g/mol. The summed E-state index contributed by atoms with van der Waals surface area (Å²) in [6, 6.07) is 4.98. The number of nitrogens with two attached hydrogens (primary N) is 1. The molecule has 1 aromatic carbocycles. The summed E-state index contributed by atoms with van der Waals surface area (Å²) in [6.45, 7) is 2.17. The zero-order valence-electron chi connectivity index (χ0n) is 7.88. The standard InChI is InChI=1S/C10H14FNO/c1-7(13-2)9-4-3-8(6-12)5-10(9)11/h3-5,7H,6,12H2,1-2H3. The maximum Gasteiger partial charge on any atom is 0.129 e. The highest BCUT2D eigenvalue weighted by Crippen LogP contribution is 2.20. The number of ether oxygens (including phenoxy) is 1. The van der Waals surface area contributed by atoms with Gasteiger partial charge in [-0.15, -0.1) is 0 Å². The van der Waals surface area contributed by atoms with Crippen molar-refractivity contribution in [1.29, 1.82) is 0 Å². The smallest absolute Gasteiger partial charge is 0.129 e. The first-order valence-electron chi connectivity index (χ1n) is 4.20. The Labute approximate surface area is 77.5 Å². The first-order valence-corrected chi connectivity index (χ1v) is 4.20. The Morgan fingerprint density at radius 3 is 2.69 bits per heavy atom. The first kappa shape index (κ1) is 10.2. The van der Waals surface area contributed by atoms with Crippen LogP contribution in [0.3, 0.4) is 0 Å². The van der Waals surface area contributed by atoms with E-state index in [1.165, 1.54) is 6.07 Å². The molecular weight excluding hydrogens is 169 g/mol. The summed E-state index contributed by atoms with van der Waals surface area (Å²) in [7, 11) is 1.56. The first-order chi connectivity index (χ1) is 6.19. The number of rotatable bonds is 3. The van der Waals surface area contributed by atoms with Gasteiger partial charge < -0.3 is 10.5 Å². The summed E-state index contributed by atoms with van der Waals surface area (Å²) >= 11 is 0. The van der Waals surface area contributed by atoms with Gasteiger partial charge in [-0.1, -0.05) is 12.1 Å². The minimum atomic E-state index is -0.252. The molecule has 0 aliphatic heterocycles. The predicted octanol–water partition coefficient (Wildman–Crippen LogP) is 1.99. The average Bonchev–Trinajstić information content (AvgIpc) is 2.16. The summed E-state index contributed by atoms with van der Waals surface area (Å²) in [5.74, 6) is -0.252. The van der Waals surface area contributed by atoms with Gasteiger partial charge in [0.25, 0.3) is 0 Å². The number of hydrogen-bond donors (Lipinski definition) is 1. The fourth-order valence-electron chi connectivity index (χ4n) is 1.15. The van der Waals surface area contributed by atoms with E-state index in [1.807, 2.05) is 6.07 Å². The van der Waals surface area contributed by atoms with Gasteiger partial charge in [-0.2, -0.15) is 0 Å². The lowest BCUT2D eigenvalue weighted by Crippen LogP contribution is -2.02. The normalized spacial score (nSPS) is 12.9. The molecule has 1 aromatic rings. The largest absolute Gasteiger partial charge is 0.377 e. The summed E-state index contributed by atoms with van der Waals surface area (Å²) in [4.78, 5) is 0.